The number of rotatable bonds is 5. The summed E-state index contributed by atoms with van der Waals surface area (Å²) in [7, 11) is 1.52. The summed E-state index contributed by atoms with van der Waals surface area (Å²) in [6.45, 7) is 1.27. The lowest BCUT2D eigenvalue weighted by Crippen LogP contribution is -2.41. The van der Waals surface area contributed by atoms with Gasteiger partial charge in [-0.2, -0.15) is 10.1 Å². The average molecular weight is 379 g/mol. The molecular weight excluding hydrogens is 358 g/mol. The van der Waals surface area contributed by atoms with Gasteiger partial charge in [-0.25, -0.2) is 9.67 Å². The van der Waals surface area contributed by atoms with E-state index in [4.69, 9.17) is 9.47 Å². The van der Waals surface area contributed by atoms with Gasteiger partial charge in [-0.05, 0) is 24.3 Å². The van der Waals surface area contributed by atoms with Crippen LogP contribution in [0.4, 0.5) is 0 Å². The summed E-state index contributed by atoms with van der Waals surface area (Å²) >= 11 is 0. The number of piperidine rings is 1. The van der Waals surface area contributed by atoms with Crippen LogP contribution in [0.15, 0.2) is 55.0 Å². The quantitative estimate of drug-likeness (QED) is 0.677. The van der Waals surface area contributed by atoms with Gasteiger partial charge >= 0.3 is 6.01 Å². The highest BCUT2D eigenvalue weighted by Gasteiger charge is 2.25. The molecule has 1 aliphatic heterocycles. The van der Waals surface area contributed by atoms with E-state index in [1.165, 1.54) is 7.11 Å². The highest BCUT2D eigenvalue weighted by atomic mass is 16.5. The number of nitrogens with zero attached hydrogens (tertiary/aromatic N) is 5. The summed E-state index contributed by atoms with van der Waals surface area (Å²) in [6.07, 6.45) is 6.68. The van der Waals surface area contributed by atoms with E-state index >= 15 is 0 Å². The fourth-order valence-corrected chi connectivity index (χ4v) is 3.22. The lowest BCUT2D eigenvalue weighted by atomic mass is 10.1. The predicted molar refractivity (Wildman–Crippen MR) is 102 cm³/mol. The number of amides is 1. The molecule has 144 valence electrons. The molecule has 0 radical (unpaired) electrons. The minimum Gasteiger partial charge on any atom is -0.474 e. The molecule has 0 aliphatic carbocycles. The smallest absolute Gasteiger partial charge is 0.319 e. The van der Waals surface area contributed by atoms with Crippen LogP contribution in [0.5, 0.6) is 11.9 Å². The topological polar surface area (TPSA) is 82.4 Å². The van der Waals surface area contributed by atoms with E-state index in [-0.39, 0.29) is 18.0 Å². The van der Waals surface area contributed by atoms with Crippen molar-refractivity contribution in [3.05, 3.63) is 60.6 Å². The molecule has 3 aromatic rings. The third-order valence-electron chi connectivity index (χ3n) is 4.67. The van der Waals surface area contributed by atoms with Gasteiger partial charge in [0.05, 0.1) is 12.8 Å². The minimum atomic E-state index is 0.0130. The Morgan fingerprint density at radius 1 is 1.14 bits per heavy atom. The Labute approximate surface area is 162 Å². The molecular formula is C20H21N5O3. The van der Waals surface area contributed by atoms with E-state index in [1.807, 2.05) is 41.4 Å². The largest absolute Gasteiger partial charge is 0.474 e. The molecule has 8 nitrogen and oxygen atoms in total. The molecule has 1 amide bonds. The number of carbonyl (C=O) groups is 1. The van der Waals surface area contributed by atoms with E-state index in [1.54, 1.807) is 23.1 Å². The first kappa shape index (κ1) is 18.0. The van der Waals surface area contributed by atoms with Crippen LogP contribution in [0.2, 0.25) is 0 Å². The second-order valence-electron chi connectivity index (χ2n) is 6.49. The zero-order chi connectivity index (χ0) is 19.3. The Kier molecular flexibility index (Phi) is 5.18. The van der Waals surface area contributed by atoms with Gasteiger partial charge in [-0.1, -0.05) is 6.07 Å². The van der Waals surface area contributed by atoms with E-state index in [2.05, 4.69) is 15.1 Å². The number of methoxy groups -OCH3 is 1. The highest BCUT2D eigenvalue weighted by molar-refractivity contribution is 5.94. The van der Waals surface area contributed by atoms with E-state index in [0.717, 1.165) is 18.5 Å². The summed E-state index contributed by atoms with van der Waals surface area (Å²) in [6, 6.07) is 11.4. The molecule has 2 aromatic heterocycles. The first-order valence-electron chi connectivity index (χ1n) is 9.16. The van der Waals surface area contributed by atoms with Gasteiger partial charge in [0.1, 0.15) is 6.10 Å². The lowest BCUT2D eigenvalue weighted by molar-refractivity contribution is 0.0586. The molecule has 1 fully saturated rings. The van der Waals surface area contributed by atoms with Crippen molar-refractivity contribution >= 4 is 5.91 Å². The maximum absolute atomic E-state index is 12.9. The maximum atomic E-state index is 12.9. The third-order valence-corrected chi connectivity index (χ3v) is 4.67. The Morgan fingerprint density at radius 3 is 2.75 bits per heavy atom. The zero-order valence-electron chi connectivity index (χ0n) is 15.6. The molecule has 0 unspecified atom stereocenters. The number of hydrogen-bond donors (Lipinski definition) is 0. The van der Waals surface area contributed by atoms with Crippen LogP contribution >= 0.6 is 0 Å². The van der Waals surface area contributed by atoms with Crippen LogP contribution in [0, 0.1) is 0 Å². The number of aromatic nitrogens is 4. The van der Waals surface area contributed by atoms with Gasteiger partial charge in [-0.15, -0.1) is 0 Å². The van der Waals surface area contributed by atoms with Gasteiger partial charge in [0.2, 0.25) is 5.88 Å². The van der Waals surface area contributed by atoms with Crippen molar-refractivity contribution in [3.8, 4) is 17.6 Å². The molecule has 28 heavy (non-hydrogen) atoms. The van der Waals surface area contributed by atoms with Gasteiger partial charge in [0.15, 0.2) is 0 Å². The van der Waals surface area contributed by atoms with Gasteiger partial charge in [-0.3, -0.25) is 4.79 Å². The van der Waals surface area contributed by atoms with Crippen LogP contribution in [-0.2, 0) is 0 Å². The summed E-state index contributed by atoms with van der Waals surface area (Å²) < 4.78 is 12.7. The number of carbonyl (C=O) groups excluding carboxylic acids is 1. The molecule has 1 aromatic carbocycles. The zero-order valence-corrected chi connectivity index (χ0v) is 15.6. The standard InChI is InChI=1S/C20H21N5O3/c1-27-20-21-10-6-18(23-20)28-17-7-12-24(13-8-17)19(26)15-4-2-5-16(14-15)25-11-3-9-22-25/h2-6,9-11,14,17H,7-8,12-13H2,1H3. The van der Waals surface area contributed by atoms with Crippen molar-refractivity contribution in [2.45, 2.75) is 18.9 Å². The molecule has 1 aliphatic rings. The maximum Gasteiger partial charge on any atom is 0.319 e. The van der Waals surface area contributed by atoms with Gasteiger partial charge < -0.3 is 14.4 Å². The van der Waals surface area contributed by atoms with Crippen LogP contribution in [0.1, 0.15) is 23.2 Å². The van der Waals surface area contributed by atoms with Crippen LogP contribution in [-0.4, -0.2) is 56.9 Å². The fraction of sp³-hybridized carbons (Fsp3) is 0.300. The van der Waals surface area contributed by atoms with Gasteiger partial charge in [0.25, 0.3) is 5.91 Å². The molecule has 0 N–H and O–H groups in total. The summed E-state index contributed by atoms with van der Waals surface area (Å²) in [4.78, 5) is 22.9. The molecule has 0 bridgehead atoms. The Morgan fingerprint density at radius 2 is 2.00 bits per heavy atom. The SMILES string of the molecule is COc1nccc(OC2CCN(C(=O)c3cccc(-n4cccn4)c3)CC2)n1. The normalized spacial score (nSPS) is 14.7. The second kappa shape index (κ2) is 8.08. The Bertz CT molecular complexity index is 937. The molecule has 4 rings (SSSR count). The molecule has 0 saturated carbocycles. The van der Waals surface area contributed by atoms with Crippen molar-refractivity contribution < 1.29 is 14.3 Å². The molecule has 3 heterocycles. The summed E-state index contributed by atoms with van der Waals surface area (Å²) in [5, 5.41) is 4.22. The molecule has 0 spiro atoms. The molecule has 0 atom stereocenters. The Hall–Kier alpha value is -3.42. The molecule has 8 heteroatoms. The first-order chi connectivity index (χ1) is 13.7. The summed E-state index contributed by atoms with van der Waals surface area (Å²) in [5.41, 5.74) is 1.53. The predicted octanol–water partition coefficient (Wildman–Crippen LogP) is 2.35. The number of ether oxygens (including phenoxy) is 2. The number of likely N-dealkylation sites (tertiary alicyclic amines) is 1. The van der Waals surface area contributed by atoms with Crippen LogP contribution < -0.4 is 9.47 Å². The first-order valence-corrected chi connectivity index (χ1v) is 9.16. The van der Waals surface area contributed by atoms with Crippen molar-refractivity contribution in [1.29, 1.82) is 0 Å². The molecule has 1 saturated heterocycles. The summed E-state index contributed by atoms with van der Waals surface area (Å²) in [5.74, 6) is 0.514. The van der Waals surface area contributed by atoms with Crippen molar-refractivity contribution in [2.24, 2.45) is 0 Å². The monoisotopic (exact) mass is 379 g/mol. The lowest BCUT2D eigenvalue weighted by Gasteiger charge is -2.32. The highest BCUT2D eigenvalue weighted by Crippen LogP contribution is 2.20. The number of hydrogen-bond acceptors (Lipinski definition) is 6. The van der Waals surface area contributed by atoms with E-state index in [9.17, 15) is 4.79 Å². The average Bonchev–Trinajstić information content (AvgIpc) is 3.29. The third kappa shape index (κ3) is 3.95. The van der Waals surface area contributed by atoms with Crippen LogP contribution in [0.25, 0.3) is 5.69 Å². The number of benzene rings is 1. The fourth-order valence-electron chi connectivity index (χ4n) is 3.22. The van der Waals surface area contributed by atoms with E-state index < -0.39 is 0 Å². The van der Waals surface area contributed by atoms with Crippen molar-refractivity contribution in [1.82, 2.24) is 24.6 Å². The van der Waals surface area contributed by atoms with E-state index in [0.29, 0.717) is 24.5 Å². The van der Waals surface area contributed by atoms with Crippen LogP contribution in [0.3, 0.4) is 0 Å². The van der Waals surface area contributed by atoms with Crippen molar-refractivity contribution in [2.75, 3.05) is 20.2 Å². The minimum absolute atomic E-state index is 0.0130. The second-order valence-corrected chi connectivity index (χ2v) is 6.49. The van der Waals surface area contributed by atoms with Crippen molar-refractivity contribution in [3.63, 3.8) is 0 Å². The Balaban J connectivity index is 1.37. The van der Waals surface area contributed by atoms with Gasteiger partial charge in [0, 0.05) is 56.2 Å².